The van der Waals surface area contributed by atoms with Crippen molar-refractivity contribution in [1.82, 2.24) is 0 Å². The van der Waals surface area contributed by atoms with Crippen molar-refractivity contribution in [1.29, 1.82) is 0 Å². The van der Waals surface area contributed by atoms with E-state index in [1.54, 1.807) is 20.8 Å². The van der Waals surface area contributed by atoms with Gasteiger partial charge >= 0.3 is 5.97 Å². The van der Waals surface area contributed by atoms with Gasteiger partial charge in [-0.15, -0.1) is 0 Å². The molecule has 0 radical (unpaired) electrons. The van der Waals surface area contributed by atoms with Crippen molar-refractivity contribution < 1.29 is 13.9 Å². The van der Waals surface area contributed by atoms with Crippen molar-refractivity contribution >= 4 is 5.97 Å². The molecule has 0 spiro atoms. The fourth-order valence-corrected chi connectivity index (χ4v) is 1.19. The highest BCUT2D eigenvalue weighted by molar-refractivity contribution is 5.76. The summed E-state index contributed by atoms with van der Waals surface area (Å²) in [7, 11) is 0. The summed E-state index contributed by atoms with van der Waals surface area (Å²) in [6, 6.07) is -0.832. The Kier molecular flexibility index (Phi) is 2.86. The lowest BCUT2D eigenvalue weighted by atomic mass is 10.1. The zero-order valence-electron chi connectivity index (χ0n) is 8.97. The Labute approximate surface area is 83.8 Å². The maximum Gasteiger partial charge on any atom is 0.323 e. The van der Waals surface area contributed by atoms with Gasteiger partial charge in [0.05, 0.1) is 0 Å². The second kappa shape index (κ2) is 3.50. The van der Waals surface area contributed by atoms with Crippen LogP contribution in [-0.2, 0) is 9.53 Å². The van der Waals surface area contributed by atoms with Crippen LogP contribution in [0.4, 0.5) is 4.39 Å². The average molecular weight is 203 g/mol. The third-order valence-electron chi connectivity index (χ3n) is 2.09. The number of carbonyl (C=O) groups is 1. The highest BCUT2D eigenvalue weighted by Gasteiger charge is 2.45. The van der Waals surface area contributed by atoms with Gasteiger partial charge in [-0.3, -0.25) is 4.79 Å². The molecule has 3 nitrogen and oxygen atoms in total. The average Bonchev–Trinajstić information content (AvgIpc) is 2.63. The smallest absolute Gasteiger partial charge is 0.323 e. The van der Waals surface area contributed by atoms with Crippen LogP contribution >= 0.6 is 0 Å². The summed E-state index contributed by atoms with van der Waals surface area (Å²) < 4.78 is 18.3. The summed E-state index contributed by atoms with van der Waals surface area (Å²) in [5.41, 5.74) is 3.78. The van der Waals surface area contributed by atoms with Crippen molar-refractivity contribution in [3.8, 4) is 0 Å². The number of halogens is 1. The second-order valence-electron chi connectivity index (χ2n) is 4.99. The van der Waals surface area contributed by atoms with Crippen LogP contribution in [0, 0.1) is 0 Å². The lowest BCUT2D eigenvalue weighted by Crippen LogP contribution is -2.39. The first kappa shape index (κ1) is 11.4. The number of alkyl halides is 1. The minimum Gasteiger partial charge on any atom is -0.459 e. The maximum atomic E-state index is 13.3. The Morgan fingerprint density at radius 1 is 1.57 bits per heavy atom. The van der Waals surface area contributed by atoms with Crippen LogP contribution in [0.15, 0.2) is 0 Å². The Morgan fingerprint density at radius 3 is 2.43 bits per heavy atom. The molecule has 2 N–H and O–H groups in total. The molecule has 0 amide bonds. The van der Waals surface area contributed by atoms with Gasteiger partial charge in [0.2, 0.25) is 0 Å². The monoisotopic (exact) mass is 203 g/mol. The summed E-state index contributed by atoms with van der Waals surface area (Å²) >= 11 is 0. The lowest BCUT2D eigenvalue weighted by Gasteiger charge is -2.22. The SMILES string of the molecule is CC(C)(C)OC(=O)C(N)CC1(F)CC1. The third-order valence-corrected chi connectivity index (χ3v) is 2.09. The molecule has 1 fully saturated rings. The van der Waals surface area contributed by atoms with Crippen LogP contribution in [-0.4, -0.2) is 23.3 Å². The zero-order valence-corrected chi connectivity index (χ0v) is 8.97. The highest BCUT2D eigenvalue weighted by atomic mass is 19.1. The molecule has 0 aromatic heterocycles. The van der Waals surface area contributed by atoms with Gasteiger partial charge in [0.15, 0.2) is 0 Å². The molecule has 1 aliphatic carbocycles. The molecule has 4 heteroatoms. The Bertz CT molecular complexity index is 231. The molecule has 14 heavy (non-hydrogen) atoms. The third kappa shape index (κ3) is 3.62. The minimum atomic E-state index is -1.20. The van der Waals surface area contributed by atoms with E-state index in [9.17, 15) is 9.18 Å². The van der Waals surface area contributed by atoms with Crippen molar-refractivity contribution in [2.75, 3.05) is 0 Å². The summed E-state index contributed by atoms with van der Waals surface area (Å²) in [6.45, 7) is 5.29. The summed E-state index contributed by atoms with van der Waals surface area (Å²) in [5, 5.41) is 0. The molecule has 1 atom stereocenters. The molecule has 0 aliphatic heterocycles. The van der Waals surface area contributed by atoms with Crippen molar-refractivity contribution in [2.45, 2.75) is 57.3 Å². The van der Waals surface area contributed by atoms with Gasteiger partial charge in [0.25, 0.3) is 0 Å². The fraction of sp³-hybridized carbons (Fsp3) is 0.900. The molecule has 1 rings (SSSR count). The van der Waals surface area contributed by atoms with Crippen LogP contribution in [0.3, 0.4) is 0 Å². The highest BCUT2D eigenvalue weighted by Crippen LogP contribution is 2.43. The zero-order chi connectivity index (χ0) is 11.0. The Morgan fingerprint density at radius 2 is 2.07 bits per heavy atom. The molecule has 0 aromatic rings. The lowest BCUT2D eigenvalue weighted by molar-refractivity contribution is -0.157. The topological polar surface area (TPSA) is 52.3 Å². The van der Waals surface area contributed by atoms with E-state index < -0.39 is 23.3 Å². The number of esters is 1. The van der Waals surface area contributed by atoms with E-state index in [1.807, 2.05) is 0 Å². The summed E-state index contributed by atoms with van der Waals surface area (Å²) in [6.07, 6.45) is 1.12. The predicted octanol–water partition coefficient (Wildman–Crippen LogP) is 1.55. The summed E-state index contributed by atoms with van der Waals surface area (Å²) in [5.74, 6) is -0.513. The van der Waals surface area contributed by atoms with Gasteiger partial charge in [-0.25, -0.2) is 4.39 Å². The number of rotatable bonds is 3. The predicted molar refractivity (Wildman–Crippen MR) is 51.5 cm³/mol. The van der Waals surface area contributed by atoms with Gasteiger partial charge in [0, 0.05) is 6.42 Å². The van der Waals surface area contributed by atoms with E-state index in [1.165, 1.54) is 0 Å². The first-order chi connectivity index (χ1) is 6.22. The Hall–Kier alpha value is -0.640. The standard InChI is InChI=1S/C10H18FNO2/c1-9(2,3)14-8(13)7(12)6-10(11)4-5-10/h7H,4-6,12H2,1-3H3. The van der Waals surface area contributed by atoms with Crippen LogP contribution in [0.5, 0.6) is 0 Å². The van der Waals surface area contributed by atoms with Gasteiger partial charge in [0.1, 0.15) is 17.3 Å². The Balaban J connectivity index is 2.37. The number of hydrogen-bond donors (Lipinski definition) is 1. The van der Waals surface area contributed by atoms with Crippen molar-refractivity contribution in [2.24, 2.45) is 5.73 Å². The molecule has 0 aromatic carbocycles. The van der Waals surface area contributed by atoms with E-state index >= 15 is 0 Å². The largest absolute Gasteiger partial charge is 0.459 e. The molecule has 0 saturated heterocycles. The van der Waals surface area contributed by atoms with Crippen LogP contribution in [0.1, 0.15) is 40.0 Å². The van der Waals surface area contributed by atoms with E-state index in [4.69, 9.17) is 10.5 Å². The molecule has 0 bridgehead atoms. The molecule has 1 aliphatic rings. The molecular formula is C10H18FNO2. The fourth-order valence-electron chi connectivity index (χ4n) is 1.19. The van der Waals surface area contributed by atoms with Gasteiger partial charge in [-0.2, -0.15) is 0 Å². The van der Waals surface area contributed by atoms with Crippen LogP contribution in [0.2, 0.25) is 0 Å². The quantitative estimate of drug-likeness (QED) is 0.708. The molecule has 0 heterocycles. The van der Waals surface area contributed by atoms with E-state index in [0.717, 1.165) is 0 Å². The van der Waals surface area contributed by atoms with Gasteiger partial charge in [-0.05, 0) is 33.6 Å². The number of hydrogen-bond acceptors (Lipinski definition) is 3. The number of nitrogens with two attached hydrogens (primary N) is 1. The molecule has 1 unspecified atom stereocenters. The molecule has 82 valence electrons. The second-order valence-corrected chi connectivity index (χ2v) is 4.99. The van der Waals surface area contributed by atoms with Crippen LogP contribution in [0.25, 0.3) is 0 Å². The normalized spacial score (nSPS) is 21.5. The summed E-state index contributed by atoms with van der Waals surface area (Å²) in [4.78, 5) is 11.4. The molecular weight excluding hydrogens is 185 g/mol. The van der Waals surface area contributed by atoms with Crippen molar-refractivity contribution in [3.63, 3.8) is 0 Å². The van der Waals surface area contributed by atoms with E-state index in [0.29, 0.717) is 12.8 Å². The molecule has 1 saturated carbocycles. The number of carbonyl (C=O) groups excluding carboxylic acids is 1. The minimum absolute atomic E-state index is 0.0852. The number of ether oxygens (including phenoxy) is 1. The first-order valence-electron chi connectivity index (χ1n) is 4.89. The van der Waals surface area contributed by atoms with Gasteiger partial charge < -0.3 is 10.5 Å². The van der Waals surface area contributed by atoms with E-state index in [2.05, 4.69) is 0 Å². The maximum absolute atomic E-state index is 13.3. The van der Waals surface area contributed by atoms with Crippen molar-refractivity contribution in [3.05, 3.63) is 0 Å². The van der Waals surface area contributed by atoms with Crippen LogP contribution < -0.4 is 5.73 Å². The van der Waals surface area contributed by atoms with E-state index in [-0.39, 0.29) is 6.42 Å². The first-order valence-corrected chi connectivity index (χ1v) is 4.89. The van der Waals surface area contributed by atoms with Gasteiger partial charge in [-0.1, -0.05) is 0 Å².